The van der Waals surface area contributed by atoms with Gasteiger partial charge in [0.05, 0.1) is 4.92 Å². The maximum absolute atomic E-state index is 12.0. The molecule has 0 fully saturated rings. The van der Waals surface area contributed by atoms with E-state index >= 15 is 0 Å². The Labute approximate surface area is 119 Å². The summed E-state index contributed by atoms with van der Waals surface area (Å²) in [6, 6.07) is 5.44. The molecule has 0 aliphatic rings. The van der Waals surface area contributed by atoms with Crippen molar-refractivity contribution in [2.24, 2.45) is 5.10 Å². The summed E-state index contributed by atoms with van der Waals surface area (Å²) < 4.78 is 0.762. The number of benzene rings is 1. The van der Waals surface area contributed by atoms with Crippen molar-refractivity contribution in [3.8, 4) is 0 Å². The summed E-state index contributed by atoms with van der Waals surface area (Å²) in [4.78, 5) is 22.0. The van der Waals surface area contributed by atoms with Gasteiger partial charge in [-0.25, -0.2) is 5.01 Å². The molecule has 102 valence electrons. The quantitative estimate of drug-likeness (QED) is 0.371. The fourth-order valence-electron chi connectivity index (χ4n) is 1.25. The van der Waals surface area contributed by atoms with Gasteiger partial charge in [-0.15, -0.1) is 23.5 Å². The second-order valence-electron chi connectivity index (χ2n) is 3.41. The number of non-ortho nitro benzene ring substituents is 1. The van der Waals surface area contributed by atoms with E-state index < -0.39 is 4.92 Å². The highest BCUT2D eigenvalue weighted by Gasteiger charge is 2.13. The monoisotopic (exact) mass is 299 g/mol. The minimum atomic E-state index is -0.504. The van der Waals surface area contributed by atoms with E-state index in [0.29, 0.717) is 5.56 Å². The smallest absolute Gasteiger partial charge is 0.267 e. The summed E-state index contributed by atoms with van der Waals surface area (Å²) in [5.74, 6) is -0.310. The Kier molecular flexibility index (Phi) is 5.84. The molecule has 0 aromatic heterocycles. The highest BCUT2D eigenvalue weighted by molar-refractivity contribution is 8.38. The van der Waals surface area contributed by atoms with Gasteiger partial charge in [0.15, 0.2) is 0 Å². The lowest BCUT2D eigenvalue weighted by molar-refractivity contribution is -0.384. The number of nitro groups is 1. The molecule has 8 heteroatoms. The molecule has 19 heavy (non-hydrogen) atoms. The van der Waals surface area contributed by atoms with Crippen LogP contribution in [-0.4, -0.2) is 39.8 Å². The van der Waals surface area contributed by atoms with Crippen molar-refractivity contribution in [3.63, 3.8) is 0 Å². The van der Waals surface area contributed by atoms with Crippen LogP contribution in [0.1, 0.15) is 10.4 Å². The molecule has 1 aromatic rings. The van der Waals surface area contributed by atoms with E-state index in [-0.39, 0.29) is 11.6 Å². The van der Waals surface area contributed by atoms with Crippen molar-refractivity contribution in [2.75, 3.05) is 19.6 Å². The zero-order chi connectivity index (χ0) is 14.4. The first kappa shape index (κ1) is 15.5. The Bertz CT molecular complexity index is 496. The van der Waals surface area contributed by atoms with Gasteiger partial charge in [0, 0.05) is 24.7 Å². The minimum absolute atomic E-state index is 0.0448. The van der Waals surface area contributed by atoms with Crippen LogP contribution in [0.3, 0.4) is 0 Å². The standard InChI is InChI=1S/C11H13N3O3S2/c1-13(12-11(18-2)19-3)10(15)8-4-6-9(7-5-8)14(16)17/h4-7H,1-3H3. The van der Waals surface area contributed by atoms with Crippen LogP contribution in [0.4, 0.5) is 5.69 Å². The second-order valence-corrected chi connectivity index (χ2v) is 5.26. The maximum atomic E-state index is 12.0. The number of hydrazone groups is 1. The van der Waals surface area contributed by atoms with Crippen molar-refractivity contribution in [1.82, 2.24) is 5.01 Å². The Balaban J connectivity index is 2.88. The molecule has 0 bridgehead atoms. The molecule has 0 saturated heterocycles. The van der Waals surface area contributed by atoms with Crippen LogP contribution in [0.5, 0.6) is 0 Å². The van der Waals surface area contributed by atoms with Crippen LogP contribution in [0.2, 0.25) is 0 Å². The Morgan fingerprint density at radius 1 is 1.26 bits per heavy atom. The molecule has 0 heterocycles. The van der Waals surface area contributed by atoms with Gasteiger partial charge in [-0.1, -0.05) is 0 Å². The predicted octanol–water partition coefficient (Wildman–Crippen LogP) is 2.66. The van der Waals surface area contributed by atoms with Crippen molar-refractivity contribution in [2.45, 2.75) is 0 Å². The van der Waals surface area contributed by atoms with E-state index in [1.807, 2.05) is 12.5 Å². The van der Waals surface area contributed by atoms with Gasteiger partial charge in [-0.3, -0.25) is 14.9 Å². The lowest BCUT2D eigenvalue weighted by atomic mass is 10.2. The van der Waals surface area contributed by atoms with Crippen molar-refractivity contribution < 1.29 is 9.72 Å². The largest absolute Gasteiger partial charge is 0.273 e. The molecule has 0 unspecified atom stereocenters. The average Bonchev–Trinajstić information content (AvgIpc) is 2.43. The zero-order valence-electron chi connectivity index (χ0n) is 10.7. The van der Waals surface area contributed by atoms with E-state index in [0.717, 1.165) is 4.38 Å². The molecule has 0 atom stereocenters. The van der Waals surface area contributed by atoms with Crippen LogP contribution in [0.25, 0.3) is 0 Å². The van der Waals surface area contributed by atoms with Gasteiger partial charge in [0.2, 0.25) is 0 Å². The number of nitrogens with zero attached hydrogens (tertiary/aromatic N) is 3. The van der Waals surface area contributed by atoms with Crippen molar-refractivity contribution in [3.05, 3.63) is 39.9 Å². The van der Waals surface area contributed by atoms with Crippen LogP contribution < -0.4 is 0 Å². The number of carbonyl (C=O) groups excluding carboxylic acids is 1. The number of nitro benzene ring substituents is 1. The van der Waals surface area contributed by atoms with Crippen molar-refractivity contribution in [1.29, 1.82) is 0 Å². The first-order chi connectivity index (χ1) is 8.99. The highest BCUT2D eigenvalue weighted by atomic mass is 32.2. The van der Waals surface area contributed by atoms with E-state index in [9.17, 15) is 14.9 Å². The van der Waals surface area contributed by atoms with Gasteiger partial charge in [0.1, 0.15) is 4.38 Å². The third kappa shape index (κ3) is 4.25. The van der Waals surface area contributed by atoms with Gasteiger partial charge >= 0.3 is 0 Å². The number of hydrogen-bond donors (Lipinski definition) is 0. The Morgan fingerprint density at radius 2 is 1.79 bits per heavy atom. The number of carbonyl (C=O) groups is 1. The predicted molar refractivity (Wildman–Crippen MR) is 79.7 cm³/mol. The SMILES string of the molecule is CSC(=NN(C)C(=O)c1ccc([N+](=O)[O-])cc1)SC. The maximum Gasteiger partial charge on any atom is 0.273 e. The topological polar surface area (TPSA) is 75.8 Å². The fraction of sp³-hybridized carbons (Fsp3) is 0.273. The van der Waals surface area contributed by atoms with E-state index in [2.05, 4.69) is 5.10 Å². The van der Waals surface area contributed by atoms with Gasteiger partial charge in [-0.2, -0.15) is 5.10 Å². The normalized spacial score (nSPS) is 9.84. The molecule has 1 rings (SSSR count). The molecular weight excluding hydrogens is 286 g/mol. The Hall–Kier alpha value is -1.54. The summed E-state index contributed by atoms with van der Waals surface area (Å²) >= 11 is 2.89. The van der Waals surface area contributed by atoms with E-state index in [1.54, 1.807) is 7.05 Å². The number of rotatable bonds is 3. The molecule has 0 saturated carbocycles. The summed E-state index contributed by atoms with van der Waals surface area (Å²) in [6.45, 7) is 0. The molecule has 0 spiro atoms. The molecule has 0 aliphatic heterocycles. The number of hydrogen-bond acceptors (Lipinski definition) is 6. The third-order valence-electron chi connectivity index (χ3n) is 2.20. The summed E-state index contributed by atoms with van der Waals surface area (Å²) in [7, 11) is 1.55. The highest BCUT2D eigenvalue weighted by Crippen LogP contribution is 2.15. The van der Waals surface area contributed by atoms with Crippen molar-refractivity contribution >= 4 is 39.5 Å². The Morgan fingerprint density at radius 3 is 2.21 bits per heavy atom. The average molecular weight is 299 g/mol. The van der Waals surface area contributed by atoms with Gasteiger partial charge < -0.3 is 0 Å². The lowest BCUT2D eigenvalue weighted by Crippen LogP contribution is -2.22. The molecule has 0 aliphatic carbocycles. The lowest BCUT2D eigenvalue weighted by Gasteiger charge is -2.12. The molecule has 0 N–H and O–H groups in total. The molecule has 1 amide bonds. The first-order valence-electron chi connectivity index (χ1n) is 5.18. The second kappa shape index (κ2) is 7.15. The summed E-state index contributed by atoms with van der Waals surface area (Å²) in [5.41, 5.74) is 0.315. The van der Waals surface area contributed by atoms with Gasteiger partial charge in [-0.05, 0) is 24.6 Å². The minimum Gasteiger partial charge on any atom is -0.267 e. The number of amides is 1. The summed E-state index contributed by atoms with van der Waals surface area (Å²) in [5, 5.41) is 15.9. The molecule has 1 aromatic carbocycles. The first-order valence-corrected chi connectivity index (χ1v) is 7.63. The third-order valence-corrected chi connectivity index (χ3v) is 4.06. The molecule has 6 nitrogen and oxygen atoms in total. The van der Waals surface area contributed by atoms with Gasteiger partial charge in [0.25, 0.3) is 11.6 Å². The molecule has 0 radical (unpaired) electrons. The van der Waals surface area contributed by atoms with Crippen LogP contribution >= 0.6 is 23.5 Å². The van der Waals surface area contributed by atoms with Crippen LogP contribution in [0, 0.1) is 10.1 Å². The summed E-state index contributed by atoms with van der Waals surface area (Å²) in [6.07, 6.45) is 3.75. The zero-order valence-corrected chi connectivity index (χ0v) is 12.3. The fourth-order valence-corrected chi connectivity index (χ4v) is 2.32. The van der Waals surface area contributed by atoms with Crippen LogP contribution in [0.15, 0.2) is 29.4 Å². The van der Waals surface area contributed by atoms with E-state index in [4.69, 9.17) is 0 Å². The number of thioether (sulfide) groups is 2. The molecular formula is C11H13N3O3S2. The van der Waals surface area contributed by atoms with Crippen LogP contribution in [-0.2, 0) is 0 Å². The van der Waals surface area contributed by atoms with E-state index in [1.165, 1.54) is 52.8 Å².